The molecule has 1 aromatic heterocycles. The third-order valence-electron chi connectivity index (χ3n) is 7.08. The molecule has 1 amide bonds. The lowest BCUT2D eigenvalue weighted by atomic mass is 10.1. The van der Waals surface area contributed by atoms with Gasteiger partial charge in [0.15, 0.2) is 11.6 Å². The number of amides is 1. The van der Waals surface area contributed by atoms with Crippen molar-refractivity contribution in [3.8, 4) is 5.75 Å². The second-order valence-electron chi connectivity index (χ2n) is 10.1. The molecule has 12 heteroatoms. The Hall–Kier alpha value is -3.38. The summed E-state index contributed by atoms with van der Waals surface area (Å²) in [6.07, 6.45) is 3.40. The van der Waals surface area contributed by atoms with Crippen molar-refractivity contribution >= 4 is 17.7 Å². The molecular formula is C29H39F3N4O5. The summed E-state index contributed by atoms with van der Waals surface area (Å²) in [5.41, 5.74) is 2.18. The third-order valence-corrected chi connectivity index (χ3v) is 7.08. The molecule has 0 radical (unpaired) electrons. The number of hydrogen-bond donors (Lipinski definition) is 3. The van der Waals surface area contributed by atoms with E-state index < -0.39 is 48.8 Å². The van der Waals surface area contributed by atoms with E-state index in [0.717, 1.165) is 56.2 Å². The number of aromatic nitrogens is 1. The van der Waals surface area contributed by atoms with E-state index in [-0.39, 0.29) is 30.8 Å². The van der Waals surface area contributed by atoms with Crippen molar-refractivity contribution in [1.82, 2.24) is 15.2 Å². The second kappa shape index (κ2) is 16.2. The van der Waals surface area contributed by atoms with Gasteiger partial charge in [0, 0.05) is 44.1 Å². The molecule has 3 N–H and O–H groups in total. The van der Waals surface area contributed by atoms with E-state index in [4.69, 9.17) is 14.5 Å². The van der Waals surface area contributed by atoms with Crippen LogP contribution in [0.15, 0.2) is 24.3 Å². The van der Waals surface area contributed by atoms with E-state index in [1.807, 2.05) is 11.0 Å². The predicted molar refractivity (Wildman–Crippen MR) is 148 cm³/mol. The van der Waals surface area contributed by atoms with Gasteiger partial charge in [0.1, 0.15) is 24.4 Å². The summed E-state index contributed by atoms with van der Waals surface area (Å²) in [4.78, 5) is 31.1. The van der Waals surface area contributed by atoms with Crippen LogP contribution in [0, 0.1) is 11.6 Å². The minimum absolute atomic E-state index is 0.0382. The zero-order chi connectivity index (χ0) is 29.8. The number of fused-ring (bicyclic) bond motifs is 1. The fourth-order valence-corrected chi connectivity index (χ4v) is 4.88. The summed E-state index contributed by atoms with van der Waals surface area (Å²) in [7, 11) is 2.61. The highest BCUT2D eigenvalue weighted by Gasteiger charge is 2.24. The van der Waals surface area contributed by atoms with E-state index in [1.54, 1.807) is 0 Å². The Morgan fingerprint density at radius 2 is 2.00 bits per heavy atom. The molecule has 9 nitrogen and oxygen atoms in total. The van der Waals surface area contributed by atoms with Gasteiger partial charge in [-0.2, -0.15) is 0 Å². The number of ether oxygens (including phenoxy) is 2. The maximum absolute atomic E-state index is 14.0. The van der Waals surface area contributed by atoms with Crippen molar-refractivity contribution in [1.29, 1.82) is 0 Å². The lowest BCUT2D eigenvalue weighted by Gasteiger charge is -2.27. The largest absolute Gasteiger partial charge is 0.493 e. The van der Waals surface area contributed by atoms with Crippen molar-refractivity contribution in [3.63, 3.8) is 0 Å². The average molecular weight is 581 g/mol. The number of aliphatic carboxylic acids is 1. The molecule has 0 aliphatic carbocycles. The molecule has 1 aromatic carbocycles. The predicted octanol–water partition coefficient (Wildman–Crippen LogP) is 3.54. The Morgan fingerprint density at radius 1 is 1.20 bits per heavy atom. The number of nitrogens with one attached hydrogen (secondary N) is 2. The standard InChI is InChI=1S/C29H39F3N4O5/c1-40-23(17-30)18-36(12-4-3-7-22-9-8-19-6-5-11-33-28(19)34-22)13-10-25(29(38)39)35-26(37)15-20-14-21(31)16-24(32)27(20)41-2/h8-9,14,16,23,25H,3-7,10-13,15,17-18H2,1-2H3,(H,33,34)(H,35,37)(H,38,39). The van der Waals surface area contributed by atoms with Crippen LogP contribution >= 0.6 is 0 Å². The number of rotatable bonds is 17. The highest BCUT2D eigenvalue weighted by molar-refractivity contribution is 5.85. The molecule has 226 valence electrons. The minimum Gasteiger partial charge on any atom is -0.493 e. The first kappa shape index (κ1) is 32.1. The number of methoxy groups -OCH3 is 2. The van der Waals surface area contributed by atoms with Gasteiger partial charge in [0.05, 0.1) is 19.6 Å². The second-order valence-corrected chi connectivity index (χ2v) is 10.1. The number of alkyl halides is 1. The molecule has 0 bridgehead atoms. The van der Waals surface area contributed by atoms with Gasteiger partial charge in [0.25, 0.3) is 0 Å². The number of benzene rings is 1. The van der Waals surface area contributed by atoms with Crippen LogP contribution in [-0.4, -0.2) is 86.1 Å². The Morgan fingerprint density at radius 3 is 2.71 bits per heavy atom. The Kier molecular flexibility index (Phi) is 12.7. The molecule has 0 saturated heterocycles. The number of carbonyl (C=O) groups excluding carboxylic acids is 1. The maximum Gasteiger partial charge on any atom is 0.326 e. The number of carboxylic acids is 1. The summed E-state index contributed by atoms with van der Waals surface area (Å²) in [6.45, 7) is 1.32. The van der Waals surface area contributed by atoms with Gasteiger partial charge in [-0.05, 0) is 62.8 Å². The number of anilines is 1. The number of hydrogen-bond acceptors (Lipinski definition) is 7. The van der Waals surface area contributed by atoms with E-state index in [0.29, 0.717) is 12.6 Å². The Balaban J connectivity index is 1.55. The lowest BCUT2D eigenvalue weighted by Crippen LogP contribution is -2.45. The molecule has 41 heavy (non-hydrogen) atoms. The van der Waals surface area contributed by atoms with Crippen molar-refractivity contribution in [2.75, 3.05) is 52.4 Å². The number of carboxylic acid groups (broad SMARTS) is 1. The first-order valence-electron chi connectivity index (χ1n) is 13.8. The molecule has 1 aliphatic rings. The van der Waals surface area contributed by atoms with E-state index in [2.05, 4.69) is 16.7 Å². The van der Waals surface area contributed by atoms with Crippen LogP contribution in [0.1, 0.15) is 42.5 Å². The summed E-state index contributed by atoms with van der Waals surface area (Å²) in [5.74, 6) is -3.15. The number of halogens is 3. The van der Waals surface area contributed by atoms with Crippen LogP contribution in [0.4, 0.5) is 19.0 Å². The molecule has 2 atom stereocenters. The van der Waals surface area contributed by atoms with Crippen LogP contribution in [0.5, 0.6) is 5.75 Å². The Labute approximate surface area is 238 Å². The molecular weight excluding hydrogens is 541 g/mol. The van der Waals surface area contributed by atoms with Crippen LogP contribution in [0.3, 0.4) is 0 Å². The van der Waals surface area contributed by atoms with Gasteiger partial charge < -0.3 is 30.1 Å². The quantitative estimate of drug-likeness (QED) is 0.244. The molecule has 0 saturated carbocycles. The number of carbonyl (C=O) groups is 2. The van der Waals surface area contributed by atoms with Gasteiger partial charge in [-0.1, -0.05) is 6.07 Å². The fraction of sp³-hybridized carbons (Fsp3) is 0.552. The molecule has 0 fully saturated rings. The molecule has 1 aliphatic heterocycles. The topological polar surface area (TPSA) is 113 Å². The van der Waals surface area contributed by atoms with E-state index in [9.17, 15) is 27.9 Å². The van der Waals surface area contributed by atoms with Crippen molar-refractivity contribution in [2.24, 2.45) is 0 Å². The van der Waals surface area contributed by atoms with Crippen molar-refractivity contribution in [3.05, 3.63) is 52.7 Å². The normalized spacial score (nSPS) is 14.2. The molecule has 3 rings (SSSR count). The summed E-state index contributed by atoms with van der Waals surface area (Å²) >= 11 is 0. The number of aryl methyl sites for hydroxylation is 2. The first-order valence-corrected chi connectivity index (χ1v) is 13.8. The number of pyridine rings is 1. The zero-order valence-corrected chi connectivity index (χ0v) is 23.6. The van der Waals surface area contributed by atoms with E-state index in [1.165, 1.54) is 19.8 Å². The SMILES string of the molecule is COc1c(F)cc(F)cc1CC(=O)NC(CCN(CCCCc1ccc2c(n1)NCCC2)CC(CF)OC)C(=O)O. The van der Waals surface area contributed by atoms with Crippen molar-refractivity contribution < 1.29 is 37.3 Å². The minimum atomic E-state index is -1.26. The van der Waals surface area contributed by atoms with Gasteiger partial charge in [-0.15, -0.1) is 0 Å². The highest BCUT2D eigenvalue weighted by Crippen LogP contribution is 2.24. The van der Waals surface area contributed by atoms with Crippen LogP contribution < -0.4 is 15.4 Å². The summed E-state index contributed by atoms with van der Waals surface area (Å²) in [5, 5.41) is 15.5. The van der Waals surface area contributed by atoms with Gasteiger partial charge >= 0.3 is 5.97 Å². The maximum atomic E-state index is 14.0. The molecule has 2 aromatic rings. The monoisotopic (exact) mass is 580 g/mol. The molecule has 2 heterocycles. The van der Waals surface area contributed by atoms with Gasteiger partial charge in [-0.3, -0.25) is 4.79 Å². The lowest BCUT2D eigenvalue weighted by molar-refractivity contribution is -0.142. The van der Waals surface area contributed by atoms with Gasteiger partial charge in [0.2, 0.25) is 5.91 Å². The highest BCUT2D eigenvalue weighted by atomic mass is 19.1. The van der Waals surface area contributed by atoms with E-state index >= 15 is 0 Å². The number of unbranched alkanes of at least 4 members (excludes halogenated alkanes) is 1. The van der Waals surface area contributed by atoms with Crippen molar-refractivity contribution in [2.45, 2.75) is 57.1 Å². The molecule has 0 spiro atoms. The smallest absolute Gasteiger partial charge is 0.326 e. The van der Waals surface area contributed by atoms with Gasteiger partial charge in [-0.25, -0.2) is 22.9 Å². The first-order chi connectivity index (χ1) is 19.7. The van der Waals surface area contributed by atoms with Crippen LogP contribution in [-0.2, 0) is 33.6 Å². The zero-order valence-electron chi connectivity index (χ0n) is 23.6. The van der Waals surface area contributed by atoms with Crippen LogP contribution in [0.2, 0.25) is 0 Å². The number of nitrogens with zero attached hydrogens (tertiary/aromatic N) is 2. The van der Waals surface area contributed by atoms with Crippen LogP contribution in [0.25, 0.3) is 0 Å². The Bertz CT molecular complexity index is 1170. The summed E-state index contributed by atoms with van der Waals surface area (Å²) < 4.78 is 51.2. The summed E-state index contributed by atoms with van der Waals surface area (Å²) in [6, 6.07) is 4.51. The molecule has 2 unspecified atom stereocenters. The fourth-order valence-electron chi connectivity index (χ4n) is 4.88. The average Bonchev–Trinajstić information content (AvgIpc) is 2.95. The third kappa shape index (κ3) is 9.89.